The van der Waals surface area contributed by atoms with E-state index in [0.29, 0.717) is 0 Å². The number of halogens is 3. The van der Waals surface area contributed by atoms with E-state index in [2.05, 4.69) is 15.0 Å². The zero-order valence-electron chi connectivity index (χ0n) is 14.7. The first-order valence-electron chi connectivity index (χ1n) is 8.05. The predicted molar refractivity (Wildman–Crippen MR) is 92.3 cm³/mol. The van der Waals surface area contributed by atoms with Crippen LogP contribution in [-0.2, 0) is 6.18 Å². The zero-order valence-corrected chi connectivity index (χ0v) is 14.7. The highest BCUT2D eigenvalue weighted by Gasteiger charge is 2.38. The van der Waals surface area contributed by atoms with Gasteiger partial charge in [0.15, 0.2) is 11.3 Å². The second-order valence-corrected chi connectivity index (χ2v) is 6.04. The lowest BCUT2D eigenvalue weighted by Gasteiger charge is -2.19. The van der Waals surface area contributed by atoms with Crippen molar-refractivity contribution in [1.29, 1.82) is 0 Å². The number of hydrogen-bond donors (Lipinski definition) is 2. The molecule has 1 atom stereocenters. The molecule has 0 amide bonds. The average molecular weight is 393 g/mol. The van der Waals surface area contributed by atoms with Crippen molar-refractivity contribution in [1.82, 2.24) is 15.0 Å². The van der Waals surface area contributed by atoms with E-state index in [1.54, 1.807) is 0 Å². The van der Waals surface area contributed by atoms with E-state index >= 15 is 0 Å². The number of aromatic nitrogens is 3. The number of rotatable bonds is 4. The fourth-order valence-corrected chi connectivity index (χ4v) is 2.67. The highest BCUT2D eigenvalue weighted by Crippen LogP contribution is 2.35. The summed E-state index contributed by atoms with van der Waals surface area (Å²) in [4.78, 5) is 32.8. The number of pyridine rings is 1. The van der Waals surface area contributed by atoms with E-state index in [-0.39, 0.29) is 33.7 Å². The summed E-state index contributed by atoms with van der Waals surface area (Å²) in [6.45, 7) is 2.81. The number of nitrogens with one attached hydrogen (secondary N) is 1. The quantitative estimate of drug-likeness (QED) is 0.703. The monoisotopic (exact) mass is 393 g/mol. The van der Waals surface area contributed by atoms with Crippen molar-refractivity contribution in [3.8, 4) is 5.75 Å². The van der Waals surface area contributed by atoms with Gasteiger partial charge < -0.3 is 14.8 Å². The number of H-pyrrole nitrogens is 1. The summed E-state index contributed by atoms with van der Waals surface area (Å²) in [5.74, 6) is -0.824. The molecule has 1 aromatic carbocycles. The van der Waals surface area contributed by atoms with Crippen LogP contribution in [0.25, 0.3) is 11.0 Å². The molecule has 2 N–H and O–H groups in total. The number of carboxylic acids is 1. The second kappa shape index (κ2) is 6.95. The minimum absolute atomic E-state index is 0.0105. The van der Waals surface area contributed by atoms with E-state index in [1.807, 2.05) is 0 Å². The Bertz CT molecular complexity index is 1110. The third-order valence-corrected chi connectivity index (χ3v) is 3.97. The van der Waals surface area contributed by atoms with Gasteiger partial charge in [0.05, 0.1) is 10.9 Å². The number of alkyl halides is 3. The van der Waals surface area contributed by atoms with E-state index < -0.39 is 29.5 Å². The molecule has 2 aromatic heterocycles. The van der Waals surface area contributed by atoms with Crippen LogP contribution in [-0.4, -0.2) is 26.0 Å². The summed E-state index contributed by atoms with van der Waals surface area (Å²) in [6, 6.07) is 6.27. The molecule has 146 valence electrons. The largest absolute Gasteiger partial charge is 0.486 e. The molecule has 10 heteroatoms. The number of aryl methyl sites for hydroxylation is 1. The lowest BCUT2D eigenvalue weighted by molar-refractivity contribution is -0.142. The third-order valence-electron chi connectivity index (χ3n) is 3.97. The summed E-state index contributed by atoms with van der Waals surface area (Å²) >= 11 is 0. The Morgan fingerprint density at radius 3 is 2.43 bits per heavy atom. The van der Waals surface area contributed by atoms with Gasteiger partial charge in [-0.05, 0) is 44.2 Å². The van der Waals surface area contributed by atoms with Crippen molar-refractivity contribution >= 4 is 17.0 Å². The number of carboxylic acid groups (broad SMARTS) is 1. The van der Waals surface area contributed by atoms with Crippen LogP contribution in [0.5, 0.6) is 5.75 Å². The molecule has 3 aromatic rings. The van der Waals surface area contributed by atoms with Gasteiger partial charge >= 0.3 is 12.1 Å². The molecule has 0 aliphatic heterocycles. The van der Waals surface area contributed by atoms with E-state index in [4.69, 9.17) is 9.84 Å². The molecule has 0 spiro atoms. The van der Waals surface area contributed by atoms with Crippen molar-refractivity contribution in [2.75, 3.05) is 0 Å². The Morgan fingerprint density at radius 2 is 1.86 bits per heavy atom. The van der Waals surface area contributed by atoms with Crippen LogP contribution in [0.1, 0.15) is 40.5 Å². The number of benzene rings is 1. The molecular formula is C18H14F3N3O4. The molecule has 0 aliphatic rings. The maximum Gasteiger partial charge on any atom is 0.433 e. The van der Waals surface area contributed by atoms with Crippen LogP contribution in [0.15, 0.2) is 35.1 Å². The predicted octanol–water partition coefficient (Wildman–Crippen LogP) is 3.48. The van der Waals surface area contributed by atoms with Crippen LogP contribution in [0.3, 0.4) is 0 Å². The molecule has 28 heavy (non-hydrogen) atoms. The highest BCUT2D eigenvalue weighted by atomic mass is 19.4. The van der Waals surface area contributed by atoms with Gasteiger partial charge in [0, 0.05) is 5.56 Å². The van der Waals surface area contributed by atoms with Crippen molar-refractivity contribution in [3.05, 3.63) is 63.3 Å². The van der Waals surface area contributed by atoms with Crippen molar-refractivity contribution in [3.63, 3.8) is 0 Å². The van der Waals surface area contributed by atoms with Gasteiger partial charge in [-0.3, -0.25) is 4.79 Å². The number of carbonyl (C=O) groups is 1. The first kappa shape index (κ1) is 19.3. The Kier molecular flexibility index (Phi) is 4.80. The minimum Gasteiger partial charge on any atom is -0.486 e. The number of aromatic amines is 1. The molecule has 2 heterocycles. The van der Waals surface area contributed by atoms with Gasteiger partial charge in [-0.15, -0.1) is 0 Å². The molecular weight excluding hydrogens is 379 g/mol. The summed E-state index contributed by atoms with van der Waals surface area (Å²) in [6.07, 6.45) is -5.91. The second-order valence-electron chi connectivity index (χ2n) is 6.04. The van der Waals surface area contributed by atoms with Crippen LogP contribution in [0.2, 0.25) is 0 Å². The van der Waals surface area contributed by atoms with Crippen molar-refractivity contribution in [2.45, 2.75) is 26.1 Å². The van der Waals surface area contributed by atoms with E-state index in [9.17, 15) is 22.8 Å². The number of nitrogens with zero attached hydrogens (tertiary/aromatic N) is 2. The van der Waals surface area contributed by atoms with Crippen LogP contribution in [0, 0.1) is 6.92 Å². The Labute approximate surface area is 155 Å². The van der Waals surface area contributed by atoms with Crippen molar-refractivity contribution < 1.29 is 27.8 Å². The Balaban J connectivity index is 2.06. The third kappa shape index (κ3) is 3.80. The lowest BCUT2D eigenvalue weighted by Crippen LogP contribution is -2.19. The normalized spacial score (nSPS) is 12.8. The highest BCUT2D eigenvalue weighted by molar-refractivity contribution is 5.87. The fraction of sp³-hybridized carbons (Fsp3) is 0.222. The van der Waals surface area contributed by atoms with Crippen LogP contribution in [0.4, 0.5) is 13.2 Å². The molecule has 0 saturated heterocycles. The average Bonchev–Trinajstić information content (AvgIpc) is 2.60. The summed E-state index contributed by atoms with van der Waals surface area (Å²) in [5, 5.41) is 8.80. The van der Waals surface area contributed by atoms with Gasteiger partial charge in [-0.1, -0.05) is 0 Å². The topological polar surface area (TPSA) is 105 Å². The minimum atomic E-state index is -4.79. The number of fused-ring (bicyclic) bond motifs is 1. The number of ether oxygens (including phenoxy) is 1. The van der Waals surface area contributed by atoms with Gasteiger partial charge in [-0.2, -0.15) is 13.2 Å². The smallest absolute Gasteiger partial charge is 0.433 e. The summed E-state index contributed by atoms with van der Waals surface area (Å²) in [5.41, 5.74) is -2.44. The molecule has 3 rings (SSSR count). The molecule has 0 bridgehead atoms. The fourth-order valence-electron chi connectivity index (χ4n) is 2.67. The van der Waals surface area contributed by atoms with Crippen molar-refractivity contribution in [2.24, 2.45) is 0 Å². The Hall–Kier alpha value is -3.43. The van der Waals surface area contributed by atoms with E-state index in [1.165, 1.54) is 38.1 Å². The Morgan fingerprint density at radius 1 is 1.21 bits per heavy atom. The lowest BCUT2D eigenvalue weighted by atomic mass is 10.1. The molecule has 0 radical (unpaired) electrons. The molecule has 0 unspecified atom stereocenters. The number of aromatic carboxylic acids is 1. The van der Waals surface area contributed by atoms with Gasteiger partial charge in [0.25, 0.3) is 5.56 Å². The molecule has 0 saturated carbocycles. The van der Waals surface area contributed by atoms with Gasteiger partial charge in [-0.25, -0.2) is 14.8 Å². The van der Waals surface area contributed by atoms with Gasteiger partial charge in [0.1, 0.15) is 17.7 Å². The van der Waals surface area contributed by atoms with Crippen LogP contribution >= 0.6 is 0 Å². The maximum atomic E-state index is 13.5. The number of hydrogen-bond acceptors (Lipinski definition) is 5. The van der Waals surface area contributed by atoms with E-state index in [0.717, 1.165) is 6.07 Å². The SMILES string of the molecule is Cc1nc2nc(C(F)(F)F)c([C@@H](C)Oc3ccc(C(=O)O)cc3)cc2c(=O)[nH]1. The summed E-state index contributed by atoms with van der Waals surface area (Å²) in [7, 11) is 0. The zero-order chi connectivity index (χ0) is 20.6. The first-order chi connectivity index (χ1) is 13.1. The molecule has 0 fully saturated rings. The standard InChI is InChI=1S/C18H14F3N3O4/c1-8(28-11-5-3-10(4-6-11)17(26)27)12-7-13-15(22-9(2)23-16(13)25)24-14(12)18(19,20)21/h3-8H,1-2H3,(H,26,27)(H,22,23,24,25)/t8-/m1/s1. The maximum absolute atomic E-state index is 13.5. The molecule has 7 nitrogen and oxygen atoms in total. The first-order valence-corrected chi connectivity index (χ1v) is 8.05. The summed E-state index contributed by atoms with van der Waals surface area (Å²) < 4.78 is 46.1. The van der Waals surface area contributed by atoms with Crippen LogP contribution < -0.4 is 10.3 Å². The van der Waals surface area contributed by atoms with Gasteiger partial charge in [0.2, 0.25) is 0 Å². The molecule has 0 aliphatic carbocycles.